The molecule has 0 unspecified atom stereocenters. The van der Waals surface area contributed by atoms with E-state index < -0.39 is 5.97 Å². The van der Waals surface area contributed by atoms with Crippen LogP contribution in [0.2, 0.25) is 0 Å². The largest absolute Gasteiger partial charge is 0.476 e. The van der Waals surface area contributed by atoms with Gasteiger partial charge < -0.3 is 10.8 Å². The Kier molecular flexibility index (Phi) is 2.04. The minimum absolute atomic E-state index is 0.0776. The number of aryl methyl sites for hydroxylation is 1. The van der Waals surface area contributed by atoms with Crippen molar-refractivity contribution in [2.24, 2.45) is 0 Å². The van der Waals surface area contributed by atoms with E-state index in [9.17, 15) is 4.79 Å². The first kappa shape index (κ1) is 9.45. The maximum atomic E-state index is 10.9. The van der Waals surface area contributed by atoms with Crippen LogP contribution in [-0.4, -0.2) is 16.1 Å². The van der Waals surface area contributed by atoms with Gasteiger partial charge in [-0.25, -0.2) is 9.78 Å². The van der Waals surface area contributed by atoms with Crippen LogP contribution < -0.4 is 5.73 Å². The van der Waals surface area contributed by atoms with Gasteiger partial charge in [-0.15, -0.1) is 0 Å². The van der Waals surface area contributed by atoms with E-state index in [0.29, 0.717) is 5.52 Å². The van der Waals surface area contributed by atoms with Crippen LogP contribution in [0.25, 0.3) is 10.9 Å². The predicted molar refractivity (Wildman–Crippen MR) is 57.9 cm³/mol. The number of aromatic carboxylic acids is 1. The Morgan fingerprint density at radius 3 is 2.73 bits per heavy atom. The van der Waals surface area contributed by atoms with Gasteiger partial charge >= 0.3 is 5.97 Å². The molecule has 2 rings (SSSR count). The van der Waals surface area contributed by atoms with Crippen LogP contribution in [0.4, 0.5) is 5.69 Å². The molecular formula is C11H10N2O2. The summed E-state index contributed by atoms with van der Waals surface area (Å²) in [5, 5.41) is 9.80. The number of nitrogens with zero attached hydrogens (tertiary/aromatic N) is 1. The van der Waals surface area contributed by atoms with Gasteiger partial charge in [0.2, 0.25) is 0 Å². The van der Waals surface area contributed by atoms with Crippen LogP contribution in [0.3, 0.4) is 0 Å². The number of anilines is 1. The molecule has 3 N–H and O–H groups in total. The van der Waals surface area contributed by atoms with Gasteiger partial charge in [0.25, 0.3) is 0 Å². The highest BCUT2D eigenvalue weighted by Crippen LogP contribution is 2.24. The molecule has 0 aliphatic carbocycles. The normalized spacial score (nSPS) is 10.5. The fourth-order valence-corrected chi connectivity index (χ4v) is 1.55. The quantitative estimate of drug-likeness (QED) is 0.739. The highest BCUT2D eigenvalue weighted by molar-refractivity contribution is 5.98. The number of nitrogens with two attached hydrogens (primary N) is 1. The van der Waals surface area contributed by atoms with E-state index in [0.717, 1.165) is 10.9 Å². The molecule has 4 heteroatoms. The zero-order chi connectivity index (χ0) is 11.0. The molecule has 0 radical (unpaired) electrons. The van der Waals surface area contributed by atoms with Crippen LogP contribution in [0.5, 0.6) is 0 Å². The van der Waals surface area contributed by atoms with Gasteiger partial charge in [-0.05, 0) is 18.6 Å². The predicted octanol–water partition coefficient (Wildman–Crippen LogP) is 1.82. The van der Waals surface area contributed by atoms with Gasteiger partial charge in [0.05, 0.1) is 11.2 Å². The standard InChI is InChI=1S/C11H10N2O2/c1-6-7-4-2-3-5-8(7)13-10(9(6)12)11(14)15/h2-5H,12H2,1H3,(H,14,15). The van der Waals surface area contributed by atoms with E-state index in [4.69, 9.17) is 10.8 Å². The summed E-state index contributed by atoms with van der Waals surface area (Å²) in [6.45, 7) is 1.80. The molecule has 1 heterocycles. The second-order valence-electron chi connectivity index (χ2n) is 3.32. The van der Waals surface area contributed by atoms with E-state index in [2.05, 4.69) is 4.98 Å². The summed E-state index contributed by atoms with van der Waals surface area (Å²) in [6, 6.07) is 7.33. The molecule has 0 spiro atoms. The number of carboxylic acid groups (broad SMARTS) is 1. The Labute approximate surface area is 86.4 Å². The lowest BCUT2D eigenvalue weighted by atomic mass is 10.1. The lowest BCUT2D eigenvalue weighted by Crippen LogP contribution is -2.07. The minimum atomic E-state index is -1.10. The Morgan fingerprint density at radius 2 is 2.07 bits per heavy atom. The lowest BCUT2D eigenvalue weighted by molar-refractivity contribution is 0.0692. The third kappa shape index (κ3) is 1.40. The molecule has 2 aromatic rings. The van der Waals surface area contributed by atoms with Crippen molar-refractivity contribution < 1.29 is 9.90 Å². The monoisotopic (exact) mass is 202 g/mol. The van der Waals surface area contributed by atoms with Crippen LogP contribution in [0.15, 0.2) is 24.3 Å². The van der Waals surface area contributed by atoms with E-state index >= 15 is 0 Å². The van der Waals surface area contributed by atoms with Crippen molar-refractivity contribution in [1.29, 1.82) is 0 Å². The number of fused-ring (bicyclic) bond motifs is 1. The second-order valence-corrected chi connectivity index (χ2v) is 3.32. The minimum Gasteiger partial charge on any atom is -0.476 e. The summed E-state index contributed by atoms with van der Waals surface area (Å²) in [6.07, 6.45) is 0. The highest BCUT2D eigenvalue weighted by atomic mass is 16.4. The molecule has 15 heavy (non-hydrogen) atoms. The second kappa shape index (κ2) is 3.24. The van der Waals surface area contributed by atoms with E-state index in [1.54, 1.807) is 13.0 Å². The van der Waals surface area contributed by atoms with Crippen molar-refractivity contribution in [2.45, 2.75) is 6.92 Å². The van der Waals surface area contributed by atoms with Crippen molar-refractivity contribution in [3.8, 4) is 0 Å². The topological polar surface area (TPSA) is 76.2 Å². The summed E-state index contributed by atoms with van der Waals surface area (Å²) in [5.41, 5.74) is 7.28. The van der Waals surface area contributed by atoms with Crippen molar-refractivity contribution >= 4 is 22.6 Å². The Balaban J connectivity index is 2.88. The molecule has 1 aromatic carbocycles. The molecular weight excluding hydrogens is 192 g/mol. The zero-order valence-electron chi connectivity index (χ0n) is 8.19. The molecule has 0 aliphatic heterocycles. The average Bonchev–Trinajstić information content (AvgIpc) is 2.23. The van der Waals surface area contributed by atoms with Crippen molar-refractivity contribution in [1.82, 2.24) is 4.98 Å². The number of carboxylic acids is 1. The average molecular weight is 202 g/mol. The van der Waals surface area contributed by atoms with E-state index in [1.165, 1.54) is 0 Å². The molecule has 0 amide bonds. The van der Waals surface area contributed by atoms with Gasteiger partial charge in [-0.3, -0.25) is 0 Å². The Hall–Kier alpha value is -2.10. The number of benzene rings is 1. The molecule has 0 saturated carbocycles. The molecule has 76 valence electrons. The summed E-state index contributed by atoms with van der Waals surface area (Å²) in [4.78, 5) is 14.9. The van der Waals surface area contributed by atoms with Gasteiger partial charge in [0.1, 0.15) is 0 Å². The van der Waals surface area contributed by atoms with Gasteiger partial charge in [0, 0.05) is 5.39 Å². The molecule has 0 bridgehead atoms. The van der Waals surface area contributed by atoms with Gasteiger partial charge in [-0.1, -0.05) is 18.2 Å². The summed E-state index contributed by atoms with van der Waals surface area (Å²) < 4.78 is 0. The lowest BCUT2D eigenvalue weighted by Gasteiger charge is -2.07. The first-order valence-electron chi connectivity index (χ1n) is 4.49. The number of carbonyl (C=O) groups is 1. The Morgan fingerprint density at radius 1 is 1.40 bits per heavy atom. The number of aromatic nitrogens is 1. The van der Waals surface area contributed by atoms with Crippen molar-refractivity contribution in [2.75, 3.05) is 5.73 Å². The van der Waals surface area contributed by atoms with E-state index in [-0.39, 0.29) is 11.4 Å². The van der Waals surface area contributed by atoms with Crippen LogP contribution in [0, 0.1) is 6.92 Å². The van der Waals surface area contributed by atoms with Crippen LogP contribution in [-0.2, 0) is 0 Å². The number of pyridine rings is 1. The van der Waals surface area contributed by atoms with Crippen LogP contribution in [0.1, 0.15) is 16.1 Å². The highest BCUT2D eigenvalue weighted by Gasteiger charge is 2.14. The van der Waals surface area contributed by atoms with Gasteiger partial charge in [0.15, 0.2) is 5.69 Å². The fraction of sp³-hybridized carbons (Fsp3) is 0.0909. The molecule has 4 nitrogen and oxygen atoms in total. The number of hydrogen-bond acceptors (Lipinski definition) is 3. The van der Waals surface area contributed by atoms with Gasteiger partial charge in [-0.2, -0.15) is 0 Å². The zero-order valence-corrected chi connectivity index (χ0v) is 8.19. The maximum absolute atomic E-state index is 10.9. The van der Waals surface area contributed by atoms with E-state index in [1.807, 2.05) is 18.2 Å². The van der Waals surface area contributed by atoms with Crippen molar-refractivity contribution in [3.05, 3.63) is 35.5 Å². The number of nitrogen functional groups attached to an aromatic ring is 1. The molecule has 0 atom stereocenters. The molecule has 0 fully saturated rings. The van der Waals surface area contributed by atoms with Crippen molar-refractivity contribution in [3.63, 3.8) is 0 Å². The molecule has 0 saturated heterocycles. The summed E-state index contributed by atoms with van der Waals surface area (Å²) in [7, 11) is 0. The summed E-state index contributed by atoms with van der Waals surface area (Å²) >= 11 is 0. The Bertz CT molecular complexity index is 550. The SMILES string of the molecule is Cc1c(N)c(C(=O)O)nc2ccccc12. The molecule has 1 aromatic heterocycles. The maximum Gasteiger partial charge on any atom is 0.356 e. The first-order valence-corrected chi connectivity index (χ1v) is 4.49. The summed E-state index contributed by atoms with van der Waals surface area (Å²) in [5.74, 6) is -1.10. The molecule has 0 aliphatic rings. The number of rotatable bonds is 1. The number of hydrogen-bond donors (Lipinski definition) is 2. The smallest absolute Gasteiger partial charge is 0.356 e. The third-order valence-electron chi connectivity index (χ3n) is 2.40. The first-order chi connectivity index (χ1) is 7.11. The fourth-order valence-electron chi connectivity index (χ4n) is 1.55. The third-order valence-corrected chi connectivity index (χ3v) is 2.40. The van der Waals surface area contributed by atoms with Crippen LogP contribution >= 0.6 is 0 Å². The number of para-hydroxylation sites is 1.